The molecule has 0 radical (unpaired) electrons. The van der Waals surface area contributed by atoms with Gasteiger partial charge in [0.05, 0.1) is 6.10 Å². The number of esters is 1. The number of hydrogen-bond acceptors (Lipinski definition) is 17. The largest absolute Gasteiger partial charge is 0.458 e. The van der Waals surface area contributed by atoms with Gasteiger partial charge < -0.3 is 83.9 Å². The Kier molecular flexibility index (Phi) is 35.7. The zero-order valence-electron chi connectivity index (χ0n) is 65.8. The molecule has 0 saturated carbocycles. The fourth-order valence-electron chi connectivity index (χ4n) is 12.9. The molecule has 17 atom stereocenters. The third kappa shape index (κ3) is 24.8. The first kappa shape index (κ1) is 89.9. The Morgan fingerprint density at radius 2 is 1.19 bits per heavy atom. The predicted octanol–water partition coefficient (Wildman–Crippen LogP) is 2.06. The van der Waals surface area contributed by atoms with Crippen LogP contribution in [0.2, 0.25) is 0 Å². The fourth-order valence-corrected chi connectivity index (χ4v) is 12.9. The number of carbonyl (C=O) groups is 14. The van der Waals surface area contributed by atoms with Gasteiger partial charge in [0.25, 0.3) is 5.91 Å². The molecule has 1 aromatic rings. The number of allylic oxidation sites excluding steroid dienone is 1. The Labute approximate surface area is 625 Å². The molecule has 30 heteroatoms. The molecule has 0 bridgehead atoms. The van der Waals surface area contributed by atoms with Crippen LogP contribution in [0.4, 0.5) is 0 Å². The highest BCUT2D eigenvalue weighted by Crippen LogP contribution is 2.28. The number of cyclic esters (lactones) is 1. The summed E-state index contributed by atoms with van der Waals surface area (Å²) in [6, 6.07) is -8.99. The number of aliphatic hydroxyl groups is 1. The Balaban J connectivity index is 1.65. The van der Waals surface area contributed by atoms with Crippen LogP contribution < -0.4 is 64.2 Å². The highest BCUT2D eigenvalue weighted by Gasteiger charge is 2.46. The van der Waals surface area contributed by atoms with Crippen LogP contribution in [0.3, 0.4) is 0 Å². The monoisotopic (exact) mass is 1490 g/mol. The number of amides is 13. The topological polar surface area (TPSA) is 433 Å². The minimum absolute atomic E-state index is 0.0290. The van der Waals surface area contributed by atoms with Crippen LogP contribution >= 0.6 is 0 Å². The van der Waals surface area contributed by atoms with Gasteiger partial charge in [0.2, 0.25) is 70.9 Å². The summed E-state index contributed by atoms with van der Waals surface area (Å²) < 4.78 is 5.99. The maximum Gasteiger partial charge on any atom is 0.329 e. The fraction of sp³-hybridized carbons (Fsp3) is 0.711. The van der Waals surface area contributed by atoms with Crippen molar-refractivity contribution in [3.8, 4) is 0 Å². The first-order chi connectivity index (χ1) is 49.8. The van der Waals surface area contributed by atoms with E-state index in [2.05, 4.69) is 58.5 Å². The summed E-state index contributed by atoms with van der Waals surface area (Å²) in [7, 11) is 0. The standard InChI is InChI=1S/C76H124N14O16/c1-20-43(15)32-33-54(92)80-55(38(5)6)68(97)87-62(46(18)91)72(101)81-56(39(7)8)69(98)82-57(40(9)10)74(103)89-35-27-31-52(89)66(95)79-51(30-26-34-77)65(94)85-60(44(16)21-2)71(100)88-63-47(19)106-76(105)59(42(13)14)84-64(93)50(23-4)78-67(96)53-36-48-28-24-25-29-49(48)37-90(53)75(104)58(41(11)12)83-70(99)61(45(17)22-3)86-73(63)102/h23-25,28-29,38-47,51-53,55-63,91H,20-22,26-27,30-37,77H2,1-19H3,(H,78,96)(H,79,95)(H,80,92)(H,81,101)(H,82,98)(H,83,99)(H,84,93)(H,85,94)(H,86,102)(H,87,97)(H,88,100)/b50-23-/t43-,44+,45+,46+,47-,51-,52+,53-,55+,56-,57+,58+,59-,60+,61+,62-,63+/m0/s1. The minimum atomic E-state index is -1.82. The molecule has 594 valence electrons. The summed E-state index contributed by atoms with van der Waals surface area (Å²) in [6.07, 6.45) is 1.23. The van der Waals surface area contributed by atoms with E-state index in [0.29, 0.717) is 19.3 Å². The van der Waals surface area contributed by atoms with E-state index >= 15 is 9.59 Å². The lowest BCUT2D eigenvalue weighted by Crippen LogP contribution is -2.64. The minimum Gasteiger partial charge on any atom is -0.458 e. The number of nitrogens with one attached hydrogen (secondary N) is 11. The predicted molar refractivity (Wildman–Crippen MR) is 398 cm³/mol. The lowest BCUT2D eigenvalue weighted by molar-refractivity contribution is -0.157. The number of aliphatic hydroxyl groups excluding tert-OH is 1. The van der Waals surface area contributed by atoms with Gasteiger partial charge >= 0.3 is 5.97 Å². The van der Waals surface area contributed by atoms with E-state index in [4.69, 9.17) is 10.5 Å². The molecule has 30 nitrogen and oxygen atoms in total. The van der Waals surface area contributed by atoms with E-state index in [0.717, 1.165) is 17.5 Å². The number of carbonyl (C=O) groups excluding carboxylic acids is 14. The van der Waals surface area contributed by atoms with Crippen molar-refractivity contribution in [1.82, 2.24) is 68.3 Å². The van der Waals surface area contributed by atoms with Crippen LogP contribution in [0.1, 0.15) is 200 Å². The van der Waals surface area contributed by atoms with Crippen LogP contribution in [0.25, 0.3) is 0 Å². The highest BCUT2D eigenvalue weighted by molar-refractivity contribution is 6.03. The van der Waals surface area contributed by atoms with Gasteiger partial charge in [0.1, 0.15) is 84.3 Å². The summed E-state index contributed by atoms with van der Waals surface area (Å²) >= 11 is 0. The molecule has 13 amide bonds. The molecule has 3 aliphatic rings. The Bertz CT molecular complexity index is 3280. The average molecular weight is 1490 g/mol. The quantitative estimate of drug-likeness (QED) is 0.0374. The molecule has 3 heterocycles. The second-order valence-corrected chi connectivity index (χ2v) is 30.7. The SMILES string of the molecule is C/C=C1\NC(=O)[C@@H]2Cc3ccccc3CN2C(=O)[C@@H](C(C)C)NC(=O)[C@@H]([C@H](C)CC)NC(=O)[C@H](NC(=O)[C@H](NC(=O)[C@H](CCCN)NC(=O)[C@H]2CCCN2C(=O)[C@H](NC(=O)[C@@H](NC(=O)[C@@H](NC(=O)[C@H](NC(=O)CC[C@@H](C)CC)C(C)C)[C@@H](C)O)C(C)C)C(C)C)[C@H](C)CC)[C@H](C)OC(=O)[C@H](C(C)C)NC1=O. The van der Waals surface area contributed by atoms with E-state index in [1.54, 1.807) is 109 Å². The second kappa shape index (κ2) is 42.1. The van der Waals surface area contributed by atoms with E-state index in [1.165, 1.54) is 36.6 Å². The summed E-state index contributed by atoms with van der Waals surface area (Å²) in [5.74, 6) is -14.9. The number of benzene rings is 1. The van der Waals surface area contributed by atoms with Gasteiger partial charge in [-0.05, 0) is 118 Å². The Morgan fingerprint density at radius 1 is 0.632 bits per heavy atom. The van der Waals surface area contributed by atoms with Crippen molar-refractivity contribution in [2.45, 2.75) is 287 Å². The summed E-state index contributed by atoms with van der Waals surface area (Å²) in [5, 5.41) is 40.7. The number of rotatable bonds is 31. The molecule has 3 aliphatic heterocycles. The van der Waals surface area contributed by atoms with Gasteiger partial charge in [-0.25, -0.2) is 4.79 Å². The van der Waals surface area contributed by atoms with Crippen LogP contribution in [0.15, 0.2) is 36.0 Å². The molecule has 1 aromatic carbocycles. The van der Waals surface area contributed by atoms with E-state index in [9.17, 15) is 62.6 Å². The smallest absolute Gasteiger partial charge is 0.329 e. The molecule has 0 aromatic heterocycles. The van der Waals surface area contributed by atoms with Crippen LogP contribution in [-0.4, -0.2) is 195 Å². The van der Waals surface area contributed by atoms with E-state index in [1.807, 2.05) is 26.0 Å². The lowest BCUT2D eigenvalue weighted by atomic mass is 9.91. The van der Waals surface area contributed by atoms with Crippen LogP contribution in [-0.2, 0) is 84.8 Å². The third-order valence-corrected chi connectivity index (χ3v) is 20.5. The molecule has 0 aliphatic carbocycles. The van der Waals surface area contributed by atoms with Crippen molar-refractivity contribution < 1.29 is 77.0 Å². The molecule has 0 unspecified atom stereocenters. The maximum absolute atomic E-state index is 15.1. The average Bonchev–Trinajstić information content (AvgIpc) is 0.828. The van der Waals surface area contributed by atoms with Gasteiger partial charge in [-0.3, -0.25) is 62.3 Å². The van der Waals surface area contributed by atoms with Crippen molar-refractivity contribution >= 4 is 82.8 Å². The van der Waals surface area contributed by atoms with Gasteiger partial charge in [0, 0.05) is 25.9 Å². The number of nitrogens with two attached hydrogens (primary N) is 1. The van der Waals surface area contributed by atoms with Crippen LogP contribution in [0, 0.1) is 47.3 Å². The van der Waals surface area contributed by atoms with Crippen molar-refractivity contribution in [3.05, 3.63) is 47.2 Å². The van der Waals surface area contributed by atoms with Gasteiger partial charge in [-0.2, -0.15) is 0 Å². The number of nitrogens with zero attached hydrogens (tertiary/aromatic N) is 2. The van der Waals surface area contributed by atoms with Crippen molar-refractivity contribution in [3.63, 3.8) is 0 Å². The number of ether oxygens (including phenoxy) is 1. The number of likely N-dealkylation sites (tertiary alicyclic amines) is 1. The van der Waals surface area contributed by atoms with Crippen molar-refractivity contribution in [2.75, 3.05) is 13.1 Å². The Morgan fingerprint density at radius 3 is 1.74 bits per heavy atom. The Hall–Kier alpha value is -8.54. The van der Waals surface area contributed by atoms with Gasteiger partial charge in [-0.15, -0.1) is 0 Å². The zero-order chi connectivity index (χ0) is 79.9. The van der Waals surface area contributed by atoms with Crippen LogP contribution in [0.5, 0.6) is 0 Å². The molecule has 2 fully saturated rings. The summed E-state index contributed by atoms with van der Waals surface area (Å²) in [5.41, 5.74) is 7.27. The first-order valence-corrected chi connectivity index (χ1v) is 38.1. The highest BCUT2D eigenvalue weighted by atomic mass is 16.5. The number of hydrogen-bond donors (Lipinski definition) is 13. The zero-order valence-corrected chi connectivity index (χ0v) is 65.8. The van der Waals surface area contributed by atoms with Crippen molar-refractivity contribution in [2.24, 2.45) is 53.1 Å². The van der Waals surface area contributed by atoms with E-state index < -0.39 is 203 Å². The summed E-state index contributed by atoms with van der Waals surface area (Å²) in [6.45, 7) is 31.9. The molecule has 106 heavy (non-hydrogen) atoms. The molecule has 4 rings (SSSR count). The molecular formula is C76H124N14O16. The van der Waals surface area contributed by atoms with Gasteiger partial charge in [0.15, 0.2) is 0 Å². The maximum atomic E-state index is 15.1. The third-order valence-electron chi connectivity index (χ3n) is 20.5. The second-order valence-electron chi connectivity index (χ2n) is 30.7. The van der Waals surface area contributed by atoms with Crippen molar-refractivity contribution in [1.29, 1.82) is 0 Å². The summed E-state index contributed by atoms with van der Waals surface area (Å²) in [4.78, 5) is 205. The van der Waals surface area contributed by atoms with Gasteiger partial charge in [-0.1, -0.05) is 160 Å². The molecule has 14 N–H and O–H groups in total. The molecule has 0 spiro atoms. The normalized spacial score (nSPS) is 23.2. The molecular weight excluding hydrogens is 1360 g/mol. The number of fused-ring (bicyclic) bond motifs is 2. The van der Waals surface area contributed by atoms with E-state index in [-0.39, 0.29) is 75.7 Å². The molecule has 2 saturated heterocycles. The first-order valence-electron chi connectivity index (χ1n) is 38.1. The lowest BCUT2D eigenvalue weighted by Gasteiger charge is -2.39.